The molecular formula is C10H9ClO3. The van der Waals surface area contributed by atoms with Gasteiger partial charge in [-0.1, -0.05) is 23.7 Å². The summed E-state index contributed by atoms with van der Waals surface area (Å²) >= 11 is 5.82. The predicted octanol–water partition coefficient (Wildman–Crippen LogP) is 1.90. The van der Waals surface area contributed by atoms with E-state index in [0.29, 0.717) is 23.8 Å². The van der Waals surface area contributed by atoms with Crippen molar-refractivity contribution in [3.63, 3.8) is 0 Å². The summed E-state index contributed by atoms with van der Waals surface area (Å²) in [4.78, 5) is 11.4. The molecule has 74 valence electrons. The van der Waals surface area contributed by atoms with E-state index in [1.54, 1.807) is 24.3 Å². The van der Waals surface area contributed by atoms with Gasteiger partial charge >= 0.3 is 5.97 Å². The number of esters is 1. The number of epoxide rings is 1. The van der Waals surface area contributed by atoms with Crippen LogP contribution in [0.5, 0.6) is 0 Å². The number of hydrogen-bond acceptors (Lipinski definition) is 3. The number of carbonyl (C=O) groups excluding carboxylic acids is 1. The fraction of sp³-hybridized carbons (Fsp3) is 0.300. The fourth-order valence-electron chi connectivity index (χ4n) is 1.04. The van der Waals surface area contributed by atoms with Gasteiger partial charge in [0.25, 0.3) is 0 Å². The monoisotopic (exact) mass is 212 g/mol. The first kappa shape index (κ1) is 9.49. The smallest absolute Gasteiger partial charge is 0.339 e. The van der Waals surface area contributed by atoms with Crippen molar-refractivity contribution in [2.45, 2.75) is 6.10 Å². The van der Waals surface area contributed by atoms with Crippen LogP contribution >= 0.6 is 11.6 Å². The number of benzene rings is 1. The Labute approximate surface area is 86.6 Å². The average Bonchev–Trinajstić information content (AvgIpc) is 2.98. The Bertz CT molecular complexity index is 347. The van der Waals surface area contributed by atoms with Crippen molar-refractivity contribution in [2.24, 2.45) is 0 Å². The van der Waals surface area contributed by atoms with Gasteiger partial charge in [-0.2, -0.15) is 0 Å². The van der Waals surface area contributed by atoms with Gasteiger partial charge in [0.15, 0.2) is 0 Å². The Morgan fingerprint density at radius 3 is 2.93 bits per heavy atom. The van der Waals surface area contributed by atoms with Crippen molar-refractivity contribution in [1.29, 1.82) is 0 Å². The molecule has 3 nitrogen and oxygen atoms in total. The molecule has 0 amide bonds. The molecule has 0 saturated carbocycles. The molecule has 1 heterocycles. The molecule has 4 heteroatoms. The van der Waals surface area contributed by atoms with Crippen LogP contribution in [0.15, 0.2) is 24.3 Å². The van der Waals surface area contributed by atoms with Crippen molar-refractivity contribution in [2.75, 3.05) is 13.2 Å². The van der Waals surface area contributed by atoms with Crippen LogP contribution in [0.2, 0.25) is 5.02 Å². The van der Waals surface area contributed by atoms with Gasteiger partial charge in [0.05, 0.1) is 17.2 Å². The Morgan fingerprint density at radius 1 is 1.57 bits per heavy atom. The summed E-state index contributed by atoms with van der Waals surface area (Å²) in [5.41, 5.74) is 0.398. The second-order valence-electron chi connectivity index (χ2n) is 3.03. The molecule has 2 rings (SSSR count). The SMILES string of the molecule is O=C(OC[C@H]1CO1)c1ccccc1Cl. The van der Waals surface area contributed by atoms with E-state index in [0.717, 1.165) is 0 Å². The summed E-state index contributed by atoms with van der Waals surface area (Å²) in [5, 5.41) is 0.411. The molecule has 0 aromatic heterocycles. The molecule has 1 aliphatic rings. The average molecular weight is 213 g/mol. The van der Waals surface area contributed by atoms with Crippen molar-refractivity contribution >= 4 is 17.6 Å². The van der Waals surface area contributed by atoms with E-state index >= 15 is 0 Å². The molecule has 0 radical (unpaired) electrons. The first-order valence-corrected chi connectivity index (χ1v) is 4.68. The van der Waals surface area contributed by atoms with E-state index in [9.17, 15) is 4.79 Å². The van der Waals surface area contributed by atoms with Gasteiger partial charge in [0, 0.05) is 0 Å². The molecule has 1 saturated heterocycles. The van der Waals surface area contributed by atoms with Crippen LogP contribution in [-0.2, 0) is 9.47 Å². The van der Waals surface area contributed by atoms with Crippen LogP contribution in [0.25, 0.3) is 0 Å². The first-order chi connectivity index (χ1) is 6.77. The van der Waals surface area contributed by atoms with Crippen LogP contribution in [0.4, 0.5) is 0 Å². The zero-order chi connectivity index (χ0) is 9.97. The fourth-order valence-corrected chi connectivity index (χ4v) is 1.25. The zero-order valence-electron chi connectivity index (χ0n) is 7.40. The lowest BCUT2D eigenvalue weighted by Crippen LogP contribution is -2.10. The van der Waals surface area contributed by atoms with Crippen LogP contribution in [-0.4, -0.2) is 25.3 Å². The van der Waals surface area contributed by atoms with Crippen molar-refractivity contribution in [1.82, 2.24) is 0 Å². The third kappa shape index (κ3) is 2.25. The number of hydrogen-bond donors (Lipinski definition) is 0. The summed E-state index contributed by atoms with van der Waals surface area (Å²) in [6.07, 6.45) is 0.0847. The summed E-state index contributed by atoms with van der Waals surface area (Å²) in [6, 6.07) is 6.81. The number of rotatable bonds is 3. The van der Waals surface area contributed by atoms with Crippen molar-refractivity contribution < 1.29 is 14.3 Å². The second kappa shape index (κ2) is 3.98. The quantitative estimate of drug-likeness (QED) is 0.568. The maximum atomic E-state index is 11.4. The topological polar surface area (TPSA) is 38.8 Å². The van der Waals surface area contributed by atoms with Crippen LogP contribution in [0.3, 0.4) is 0 Å². The second-order valence-corrected chi connectivity index (χ2v) is 3.44. The Balaban J connectivity index is 1.98. The third-order valence-corrected chi connectivity index (χ3v) is 2.23. The molecule has 1 fully saturated rings. The number of carbonyl (C=O) groups is 1. The molecule has 0 spiro atoms. The van der Waals surface area contributed by atoms with E-state index in [1.807, 2.05) is 0 Å². The molecule has 0 unspecified atom stereocenters. The maximum absolute atomic E-state index is 11.4. The van der Waals surface area contributed by atoms with Crippen LogP contribution in [0, 0.1) is 0 Å². The molecule has 1 aliphatic heterocycles. The molecular weight excluding hydrogens is 204 g/mol. The van der Waals surface area contributed by atoms with Crippen molar-refractivity contribution in [3.05, 3.63) is 34.9 Å². The van der Waals surface area contributed by atoms with E-state index in [4.69, 9.17) is 21.1 Å². The van der Waals surface area contributed by atoms with Gasteiger partial charge < -0.3 is 9.47 Å². The Morgan fingerprint density at radius 2 is 2.29 bits per heavy atom. The highest BCUT2D eigenvalue weighted by molar-refractivity contribution is 6.33. The highest BCUT2D eigenvalue weighted by atomic mass is 35.5. The van der Waals surface area contributed by atoms with E-state index in [1.165, 1.54) is 0 Å². The number of halogens is 1. The lowest BCUT2D eigenvalue weighted by Gasteiger charge is -2.03. The van der Waals surface area contributed by atoms with Gasteiger partial charge in [-0.05, 0) is 12.1 Å². The lowest BCUT2D eigenvalue weighted by atomic mass is 10.2. The lowest BCUT2D eigenvalue weighted by molar-refractivity contribution is 0.0477. The van der Waals surface area contributed by atoms with E-state index < -0.39 is 5.97 Å². The molecule has 1 aromatic rings. The van der Waals surface area contributed by atoms with Crippen LogP contribution in [0.1, 0.15) is 10.4 Å². The molecule has 1 aromatic carbocycles. The Hall–Kier alpha value is -1.06. The molecule has 1 atom stereocenters. The minimum absolute atomic E-state index is 0.0847. The standard InChI is InChI=1S/C10H9ClO3/c11-9-4-2-1-3-8(9)10(12)14-6-7-5-13-7/h1-4,7H,5-6H2/t7-/m1/s1. The number of ether oxygens (including phenoxy) is 2. The zero-order valence-corrected chi connectivity index (χ0v) is 8.16. The van der Waals surface area contributed by atoms with Gasteiger partial charge in [-0.3, -0.25) is 0 Å². The van der Waals surface area contributed by atoms with E-state index in [2.05, 4.69) is 0 Å². The summed E-state index contributed by atoms with van der Waals surface area (Å²) in [7, 11) is 0. The first-order valence-electron chi connectivity index (χ1n) is 4.30. The molecule has 0 aliphatic carbocycles. The summed E-state index contributed by atoms with van der Waals surface area (Å²) in [6.45, 7) is 0.986. The Kier molecular flexibility index (Phi) is 2.70. The predicted molar refractivity (Wildman–Crippen MR) is 51.5 cm³/mol. The van der Waals surface area contributed by atoms with Gasteiger partial charge in [0.2, 0.25) is 0 Å². The minimum Gasteiger partial charge on any atom is -0.459 e. The highest BCUT2D eigenvalue weighted by Crippen LogP contribution is 2.17. The third-order valence-electron chi connectivity index (χ3n) is 1.90. The van der Waals surface area contributed by atoms with Crippen molar-refractivity contribution in [3.8, 4) is 0 Å². The molecule has 0 bridgehead atoms. The van der Waals surface area contributed by atoms with Gasteiger partial charge in [-0.15, -0.1) is 0 Å². The summed E-state index contributed by atoms with van der Waals surface area (Å²) in [5.74, 6) is -0.397. The molecule has 14 heavy (non-hydrogen) atoms. The normalized spacial score (nSPS) is 19.1. The largest absolute Gasteiger partial charge is 0.459 e. The van der Waals surface area contributed by atoms with Crippen LogP contribution < -0.4 is 0 Å². The highest BCUT2D eigenvalue weighted by Gasteiger charge is 2.24. The maximum Gasteiger partial charge on any atom is 0.339 e. The van der Waals surface area contributed by atoms with Gasteiger partial charge in [-0.25, -0.2) is 4.79 Å². The summed E-state index contributed by atoms with van der Waals surface area (Å²) < 4.78 is 9.90. The minimum atomic E-state index is -0.397. The van der Waals surface area contributed by atoms with Gasteiger partial charge in [0.1, 0.15) is 12.7 Å². The van der Waals surface area contributed by atoms with E-state index in [-0.39, 0.29) is 6.10 Å². The molecule has 0 N–H and O–H groups in total.